The van der Waals surface area contributed by atoms with E-state index in [1.54, 1.807) is 11.8 Å². The minimum Gasteiger partial charge on any atom is -0.481 e. The van der Waals surface area contributed by atoms with E-state index >= 15 is 0 Å². The van der Waals surface area contributed by atoms with Gasteiger partial charge in [0.05, 0.1) is 5.41 Å². The third-order valence-electron chi connectivity index (χ3n) is 3.92. The second-order valence-corrected chi connectivity index (χ2v) is 5.48. The van der Waals surface area contributed by atoms with Crippen molar-refractivity contribution in [3.8, 4) is 0 Å². The second-order valence-electron chi connectivity index (χ2n) is 5.48. The van der Waals surface area contributed by atoms with E-state index < -0.39 is 11.4 Å². The zero-order valence-electron chi connectivity index (χ0n) is 11.8. The number of carboxylic acid groups (broad SMARTS) is 1. The van der Waals surface area contributed by atoms with Gasteiger partial charge >= 0.3 is 12.0 Å². The molecule has 2 rings (SSSR count). The number of carboxylic acids is 1. The van der Waals surface area contributed by atoms with Crippen LogP contribution in [0.5, 0.6) is 0 Å². The number of nitrogens with zero attached hydrogens (tertiary/aromatic N) is 1. The van der Waals surface area contributed by atoms with Crippen molar-refractivity contribution in [1.29, 1.82) is 0 Å². The number of aryl methyl sites for hydroxylation is 1. The SMILES string of the molecule is CCc1ccccc1NC(=O)N1CCC(C)(C(=O)O)C1. The predicted octanol–water partition coefficient (Wildman–Crippen LogP) is 2.58. The van der Waals surface area contributed by atoms with Gasteiger partial charge in [-0.1, -0.05) is 25.1 Å². The van der Waals surface area contributed by atoms with Gasteiger partial charge in [0.2, 0.25) is 0 Å². The molecule has 1 aliphatic rings. The summed E-state index contributed by atoms with van der Waals surface area (Å²) in [5, 5.41) is 12.1. The molecule has 1 aromatic rings. The molecule has 5 heteroatoms. The topological polar surface area (TPSA) is 69.6 Å². The number of para-hydroxylation sites is 1. The number of urea groups is 1. The van der Waals surface area contributed by atoms with Gasteiger partial charge in [-0.15, -0.1) is 0 Å². The van der Waals surface area contributed by atoms with Gasteiger partial charge in [-0.2, -0.15) is 0 Å². The molecule has 1 aliphatic heterocycles. The first-order chi connectivity index (χ1) is 9.46. The molecule has 0 aromatic heterocycles. The number of carbonyl (C=O) groups excluding carboxylic acids is 1. The Labute approximate surface area is 118 Å². The number of carbonyl (C=O) groups is 2. The predicted molar refractivity (Wildman–Crippen MR) is 76.8 cm³/mol. The third kappa shape index (κ3) is 2.76. The molecular formula is C15H20N2O3. The maximum Gasteiger partial charge on any atom is 0.321 e. The molecule has 0 spiro atoms. The quantitative estimate of drug-likeness (QED) is 0.891. The Morgan fingerprint density at radius 1 is 1.40 bits per heavy atom. The summed E-state index contributed by atoms with van der Waals surface area (Å²) in [7, 11) is 0. The van der Waals surface area contributed by atoms with Gasteiger partial charge in [0, 0.05) is 18.8 Å². The van der Waals surface area contributed by atoms with Crippen LogP contribution in [-0.2, 0) is 11.2 Å². The lowest BCUT2D eigenvalue weighted by atomic mass is 9.90. The van der Waals surface area contributed by atoms with Crippen molar-refractivity contribution in [3.63, 3.8) is 0 Å². The summed E-state index contributed by atoms with van der Waals surface area (Å²) in [5.41, 5.74) is 1.03. The summed E-state index contributed by atoms with van der Waals surface area (Å²) >= 11 is 0. The van der Waals surface area contributed by atoms with Gasteiger partial charge in [0.15, 0.2) is 0 Å². The zero-order valence-corrected chi connectivity index (χ0v) is 11.8. The molecule has 0 aliphatic carbocycles. The van der Waals surface area contributed by atoms with Crippen molar-refractivity contribution < 1.29 is 14.7 Å². The molecule has 2 N–H and O–H groups in total. The van der Waals surface area contributed by atoms with E-state index in [1.807, 2.05) is 31.2 Å². The molecule has 1 fully saturated rings. The fourth-order valence-electron chi connectivity index (χ4n) is 2.45. The van der Waals surface area contributed by atoms with Crippen molar-refractivity contribution in [1.82, 2.24) is 4.90 Å². The fourth-order valence-corrected chi connectivity index (χ4v) is 2.45. The lowest BCUT2D eigenvalue weighted by Gasteiger charge is -2.21. The van der Waals surface area contributed by atoms with Crippen molar-refractivity contribution in [3.05, 3.63) is 29.8 Å². The molecule has 20 heavy (non-hydrogen) atoms. The first-order valence-corrected chi connectivity index (χ1v) is 6.83. The molecule has 1 unspecified atom stereocenters. The van der Waals surface area contributed by atoms with Crippen LogP contribution in [-0.4, -0.2) is 35.1 Å². The summed E-state index contributed by atoms with van der Waals surface area (Å²) in [4.78, 5) is 25.0. The van der Waals surface area contributed by atoms with Gasteiger partial charge in [-0.25, -0.2) is 4.79 Å². The average Bonchev–Trinajstić information content (AvgIpc) is 2.83. The highest BCUT2D eigenvalue weighted by Gasteiger charge is 2.42. The Morgan fingerprint density at radius 2 is 2.10 bits per heavy atom. The lowest BCUT2D eigenvalue weighted by Crippen LogP contribution is -2.37. The maximum atomic E-state index is 12.2. The number of hydrogen-bond donors (Lipinski definition) is 2. The van der Waals surface area contributed by atoms with E-state index in [2.05, 4.69) is 5.32 Å². The molecule has 0 bridgehead atoms. The van der Waals surface area contributed by atoms with Crippen molar-refractivity contribution in [2.24, 2.45) is 5.41 Å². The zero-order chi connectivity index (χ0) is 14.8. The van der Waals surface area contributed by atoms with Crippen LogP contribution in [0.25, 0.3) is 0 Å². The Balaban J connectivity index is 2.05. The van der Waals surface area contributed by atoms with Gasteiger partial charge in [0.1, 0.15) is 0 Å². The van der Waals surface area contributed by atoms with Crippen LogP contribution in [0.3, 0.4) is 0 Å². The summed E-state index contributed by atoms with van der Waals surface area (Å²) in [6.07, 6.45) is 1.33. The van der Waals surface area contributed by atoms with Crippen LogP contribution in [0.2, 0.25) is 0 Å². The highest BCUT2D eigenvalue weighted by atomic mass is 16.4. The summed E-state index contributed by atoms with van der Waals surface area (Å²) in [6.45, 7) is 4.44. The molecular weight excluding hydrogens is 256 g/mol. The van der Waals surface area contributed by atoms with Gasteiger partial charge in [0.25, 0.3) is 0 Å². The number of anilines is 1. The molecule has 0 saturated carbocycles. The number of benzene rings is 1. The van der Waals surface area contributed by atoms with E-state index in [-0.39, 0.29) is 12.6 Å². The number of rotatable bonds is 3. The van der Waals surface area contributed by atoms with Gasteiger partial charge in [-0.3, -0.25) is 4.79 Å². The molecule has 1 saturated heterocycles. The number of nitrogens with one attached hydrogen (secondary N) is 1. The third-order valence-corrected chi connectivity index (χ3v) is 3.92. The highest BCUT2D eigenvalue weighted by molar-refractivity contribution is 5.91. The summed E-state index contributed by atoms with van der Waals surface area (Å²) in [5.74, 6) is -0.846. The van der Waals surface area contributed by atoms with Crippen LogP contribution in [0, 0.1) is 5.41 Å². The number of hydrogen-bond acceptors (Lipinski definition) is 2. The minimum atomic E-state index is -0.846. The Kier molecular flexibility index (Phi) is 3.97. The summed E-state index contributed by atoms with van der Waals surface area (Å²) in [6, 6.07) is 7.42. The van der Waals surface area contributed by atoms with E-state index in [1.165, 1.54) is 0 Å². The molecule has 2 amide bonds. The molecule has 108 valence electrons. The normalized spacial score (nSPS) is 21.8. The van der Waals surface area contributed by atoms with Crippen LogP contribution in [0.15, 0.2) is 24.3 Å². The minimum absolute atomic E-state index is 0.226. The van der Waals surface area contributed by atoms with Crippen molar-refractivity contribution in [2.75, 3.05) is 18.4 Å². The van der Waals surface area contributed by atoms with Crippen molar-refractivity contribution >= 4 is 17.7 Å². The van der Waals surface area contributed by atoms with Crippen LogP contribution in [0.1, 0.15) is 25.8 Å². The molecule has 5 nitrogen and oxygen atoms in total. The van der Waals surface area contributed by atoms with Crippen LogP contribution < -0.4 is 5.32 Å². The Hall–Kier alpha value is -2.04. The Bertz CT molecular complexity index is 530. The van der Waals surface area contributed by atoms with Gasteiger partial charge in [-0.05, 0) is 31.4 Å². The fraction of sp³-hybridized carbons (Fsp3) is 0.467. The first-order valence-electron chi connectivity index (χ1n) is 6.83. The van der Waals surface area contributed by atoms with Crippen LogP contribution in [0.4, 0.5) is 10.5 Å². The maximum absolute atomic E-state index is 12.2. The highest BCUT2D eigenvalue weighted by Crippen LogP contribution is 2.30. The molecule has 1 aromatic carbocycles. The number of aliphatic carboxylic acids is 1. The van der Waals surface area contributed by atoms with Crippen LogP contribution >= 0.6 is 0 Å². The molecule has 1 heterocycles. The monoisotopic (exact) mass is 276 g/mol. The average molecular weight is 276 g/mol. The lowest BCUT2D eigenvalue weighted by molar-refractivity contribution is -0.146. The van der Waals surface area contributed by atoms with Crippen molar-refractivity contribution in [2.45, 2.75) is 26.7 Å². The molecule has 0 radical (unpaired) electrons. The number of likely N-dealkylation sites (tertiary alicyclic amines) is 1. The number of amides is 2. The summed E-state index contributed by atoms with van der Waals surface area (Å²) < 4.78 is 0. The van der Waals surface area contributed by atoms with E-state index in [9.17, 15) is 14.7 Å². The molecule has 1 atom stereocenters. The smallest absolute Gasteiger partial charge is 0.321 e. The second kappa shape index (κ2) is 5.53. The van der Waals surface area contributed by atoms with Gasteiger partial charge < -0.3 is 15.3 Å². The van der Waals surface area contributed by atoms with E-state index in [0.29, 0.717) is 13.0 Å². The largest absolute Gasteiger partial charge is 0.481 e. The standard InChI is InChI=1S/C15H20N2O3/c1-3-11-6-4-5-7-12(11)16-14(20)17-9-8-15(2,10-17)13(18)19/h4-7H,3,8-10H2,1-2H3,(H,16,20)(H,18,19). The Morgan fingerprint density at radius 3 is 2.70 bits per heavy atom. The van der Waals surface area contributed by atoms with E-state index in [0.717, 1.165) is 17.7 Å². The van der Waals surface area contributed by atoms with E-state index in [4.69, 9.17) is 0 Å². The first kappa shape index (κ1) is 14.4.